The van der Waals surface area contributed by atoms with Crippen molar-refractivity contribution in [3.05, 3.63) is 29.8 Å². The Morgan fingerprint density at radius 1 is 1.27 bits per heavy atom. The number of hydrogen-bond acceptors (Lipinski definition) is 4. The molecular weight excluding hydrogens is 371 g/mol. The lowest BCUT2D eigenvalue weighted by Gasteiger charge is -2.40. The molecule has 0 spiro atoms. The van der Waals surface area contributed by atoms with Gasteiger partial charge < -0.3 is 4.90 Å². The monoisotopic (exact) mass is 393 g/mol. The van der Waals surface area contributed by atoms with Crippen LogP contribution in [0.4, 0.5) is 18.9 Å². The Hall–Kier alpha value is -1.81. The van der Waals surface area contributed by atoms with E-state index < -0.39 is 34.7 Å². The molecule has 1 saturated heterocycles. The molecular formula is C16H22F3N3O3S. The molecule has 0 radical (unpaired) electrons. The summed E-state index contributed by atoms with van der Waals surface area (Å²) in [5.74, 6) is -0.394. The van der Waals surface area contributed by atoms with Gasteiger partial charge in [0.2, 0.25) is 10.0 Å². The van der Waals surface area contributed by atoms with Crippen molar-refractivity contribution in [2.45, 2.75) is 19.1 Å². The highest BCUT2D eigenvalue weighted by molar-refractivity contribution is 7.92. The first-order valence-corrected chi connectivity index (χ1v) is 9.88. The van der Waals surface area contributed by atoms with E-state index in [9.17, 15) is 26.4 Å². The largest absolute Gasteiger partial charge is 0.401 e. The van der Waals surface area contributed by atoms with Gasteiger partial charge in [-0.25, -0.2) is 8.42 Å². The lowest BCUT2D eigenvalue weighted by Crippen LogP contribution is -2.55. The van der Waals surface area contributed by atoms with Crippen LogP contribution in [0.15, 0.2) is 24.3 Å². The molecule has 1 aliphatic heterocycles. The van der Waals surface area contributed by atoms with E-state index in [1.165, 1.54) is 29.0 Å². The SMILES string of the molecule is C[C@@H]1CN(C(=O)c2ccccc2N(C)S(C)(=O)=O)CCN1CC(F)(F)F. The Bertz CT molecular complexity index is 767. The summed E-state index contributed by atoms with van der Waals surface area (Å²) in [6.07, 6.45) is -3.25. The summed E-state index contributed by atoms with van der Waals surface area (Å²) >= 11 is 0. The molecule has 0 aliphatic carbocycles. The molecule has 0 bridgehead atoms. The molecule has 2 rings (SSSR count). The average Bonchev–Trinajstić information content (AvgIpc) is 2.53. The van der Waals surface area contributed by atoms with Crippen LogP contribution in [0, 0.1) is 0 Å². The molecule has 10 heteroatoms. The minimum absolute atomic E-state index is 0.108. The van der Waals surface area contributed by atoms with Crippen LogP contribution in [0.1, 0.15) is 17.3 Å². The second-order valence-electron chi connectivity index (χ2n) is 6.43. The first-order chi connectivity index (χ1) is 11.9. The van der Waals surface area contributed by atoms with Crippen molar-refractivity contribution in [1.29, 1.82) is 0 Å². The molecule has 1 aromatic rings. The number of amides is 1. The predicted octanol–water partition coefficient (Wildman–Crippen LogP) is 1.79. The van der Waals surface area contributed by atoms with Gasteiger partial charge in [-0.05, 0) is 19.1 Å². The van der Waals surface area contributed by atoms with Gasteiger partial charge in [0.15, 0.2) is 0 Å². The normalized spacial score (nSPS) is 19.5. The van der Waals surface area contributed by atoms with Crippen molar-refractivity contribution in [1.82, 2.24) is 9.80 Å². The highest BCUT2D eigenvalue weighted by Crippen LogP contribution is 2.25. The number of benzene rings is 1. The molecule has 1 fully saturated rings. The standard InChI is InChI=1S/C16H22F3N3O3S/c1-12-10-21(8-9-22(12)11-16(17,18)19)15(23)13-6-4-5-7-14(13)20(2)26(3,24)25/h4-7,12H,8-11H2,1-3H3/t12-/m1/s1. The number of alkyl halides is 3. The third-order valence-corrected chi connectivity index (χ3v) is 5.60. The zero-order chi connectivity index (χ0) is 19.7. The minimum Gasteiger partial charge on any atom is -0.336 e. The fourth-order valence-corrected chi connectivity index (χ4v) is 3.44. The van der Waals surface area contributed by atoms with Crippen molar-refractivity contribution < 1.29 is 26.4 Å². The Labute approximate surface area is 151 Å². The zero-order valence-electron chi connectivity index (χ0n) is 14.8. The fraction of sp³-hybridized carbons (Fsp3) is 0.562. The molecule has 0 aromatic heterocycles. The molecule has 1 aliphatic rings. The number of piperazine rings is 1. The van der Waals surface area contributed by atoms with Crippen LogP contribution in [0.2, 0.25) is 0 Å². The number of carbonyl (C=O) groups excluding carboxylic acids is 1. The molecule has 0 unspecified atom stereocenters. The van der Waals surface area contributed by atoms with Crippen molar-refractivity contribution in [2.24, 2.45) is 0 Å². The fourth-order valence-electron chi connectivity index (χ4n) is 2.92. The summed E-state index contributed by atoms with van der Waals surface area (Å²) in [5, 5.41) is 0. The van der Waals surface area contributed by atoms with Crippen LogP contribution in [-0.4, -0.2) is 75.8 Å². The average molecular weight is 393 g/mol. The van der Waals surface area contributed by atoms with E-state index in [-0.39, 0.29) is 30.9 Å². The van der Waals surface area contributed by atoms with E-state index in [0.717, 1.165) is 10.6 Å². The van der Waals surface area contributed by atoms with Crippen molar-refractivity contribution in [3.63, 3.8) is 0 Å². The third kappa shape index (κ3) is 4.88. The van der Waals surface area contributed by atoms with Gasteiger partial charge in [-0.2, -0.15) is 13.2 Å². The van der Waals surface area contributed by atoms with E-state index >= 15 is 0 Å². The molecule has 1 heterocycles. The van der Waals surface area contributed by atoms with Gasteiger partial charge >= 0.3 is 6.18 Å². The van der Waals surface area contributed by atoms with Crippen LogP contribution in [0.5, 0.6) is 0 Å². The number of para-hydroxylation sites is 1. The second-order valence-corrected chi connectivity index (χ2v) is 8.45. The Balaban J connectivity index is 2.19. The van der Waals surface area contributed by atoms with Crippen LogP contribution in [-0.2, 0) is 10.0 Å². The highest BCUT2D eigenvalue weighted by Gasteiger charge is 2.36. The summed E-state index contributed by atoms with van der Waals surface area (Å²) in [5.41, 5.74) is 0.447. The number of halogens is 3. The van der Waals surface area contributed by atoms with Crippen molar-refractivity contribution in [3.8, 4) is 0 Å². The summed E-state index contributed by atoms with van der Waals surface area (Å²) < 4.78 is 62.4. The van der Waals surface area contributed by atoms with Crippen LogP contribution >= 0.6 is 0 Å². The van der Waals surface area contributed by atoms with Crippen LogP contribution in [0.3, 0.4) is 0 Å². The van der Waals surface area contributed by atoms with Gasteiger partial charge in [-0.3, -0.25) is 14.0 Å². The molecule has 1 aromatic carbocycles. The lowest BCUT2D eigenvalue weighted by atomic mass is 10.1. The first kappa shape index (κ1) is 20.5. The van der Waals surface area contributed by atoms with E-state index in [4.69, 9.17) is 0 Å². The van der Waals surface area contributed by atoms with E-state index in [2.05, 4.69) is 0 Å². The summed E-state index contributed by atoms with van der Waals surface area (Å²) in [6.45, 7) is 1.03. The van der Waals surface area contributed by atoms with Gasteiger partial charge in [0.25, 0.3) is 5.91 Å². The maximum absolute atomic E-state index is 12.9. The van der Waals surface area contributed by atoms with Crippen LogP contribution in [0.25, 0.3) is 0 Å². The van der Waals surface area contributed by atoms with Gasteiger partial charge in [0.05, 0.1) is 24.1 Å². The summed E-state index contributed by atoms with van der Waals surface area (Å²) in [4.78, 5) is 15.6. The van der Waals surface area contributed by atoms with Crippen molar-refractivity contribution >= 4 is 21.6 Å². The van der Waals surface area contributed by atoms with Gasteiger partial charge in [0, 0.05) is 32.7 Å². The lowest BCUT2D eigenvalue weighted by molar-refractivity contribution is -0.153. The predicted molar refractivity (Wildman–Crippen MR) is 92.7 cm³/mol. The third-order valence-electron chi connectivity index (χ3n) is 4.41. The Morgan fingerprint density at radius 3 is 2.42 bits per heavy atom. The molecule has 0 N–H and O–H groups in total. The van der Waals surface area contributed by atoms with Gasteiger partial charge in [-0.15, -0.1) is 0 Å². The number of carbonyl (C=O) groups is 1. The molecule has 1 amide bonds. The maximum atomic E-state index is 12.9. The summed E-state index contributed by atoms with van der Waals surface area (Å²) in [7, 11) is -2.20. The quantitative estimate of drug-likeness (QED) is 0.783. The zero-order valence-corrected chi connectivity index (χ0v) is 15.6. The second kappa shape index (κ2) is 7.43. The first-order valence-electron chi connectivity index (χ1n) is 8.03. The van der Waals surface area contributed by atoms with Gasteiger partial charge in [-0.1, -0.05) is 12.1 Å². The Kier molecular flexibility index (Phi) is 5.86. The maximum Gasteiger partial charge on any atom is 0.401 e. The topological polar surface area (TPSA) is 60.9 Å². The Morgan fingerprint density at radius 2 is 1.88 bits per heavy atom. The number of anilines is 1. The number of sulfonamides is 1. The van der Waals surface area contributed by atoms with E-state index in [1.54, 1.807) is 19.1 Å². The highest BCUT2D eigenvalue weighted by atomic mass is 32.2. The smallest absolute Gasteiger partial charge is 0.336 e. The number of hydrogen-bond donors (Lipinski definition) is 0. The minimum atomic E-state index is -4.29. The van der Waals surface area contributed by atoms with Gasteiger partial charge in [0.1, 0.15) is 0 Å². The molecule has 6 nitrogen and oxygen atoms in total. The molecule has 146 valence electrons. The molecule has 0 saturated carbocycles. The molecule has 1 atom stereocenters. The summed E-state index contributed by atoms with van der Waals surface area (Å²) in [6, 6.07) is 5.84. The van der Waals surface area contributed by atoms with E-state index in [0.29, 0.717) is 0 Å². The number of rotatable bonds is 4. The van der Waals surface area contributed by atoms with Crippen LogP contribution < -0.4 is 4.31 Å². The number of nitrogens with zero attached hydrogens (tertiary/aromatic N) is 3. The molecule has 26 heavy (non-hydrogen) atoms. The van der Waals surface area contributed by atoms with Crippen molar-refractivity contribution in [2.75, 3.05) is 43.8 Å². The van der Waals surface area contributed by atoms with E-state index in [1.807, 2.05) is 0 Å².